The van der Waals surface area contributed by atoms with Crippen LogP contribution in [0.3, 0.4) is 0 Å². The maximum Gasteiger partial charge on any atom is 0.322 e. The van der Waals surface area contributed by atoms with Gasteiger partial charge in [0.2, 0.25) is 0 Å². The summed E-state index contributed by atoms with van der Waals surface area (Å²) in [6, 6.07) is 10.3. The number of amides is 2. The first kappa shape index (κ1) is 22.9. The third-order valence-corrected chi connectivity index (χ3v) is 3.96. The van der Waals surface area contributed by atoms with Crippen LogP contribution in [-0.4, -0.2) is 48.6 Å². The van der Waals surface area contributed by atoms with Crippen LogP contribution in [0.2, 0.25) is 0 Å². The third-order valence-electron chi connectivity index (χ3n) is 3.96. The molecule has 31 heavy (non-hydrogen) atoms. The van der Waals surface area contributed by atoms with E-state index in [1.165, 1.54) is 32.4 Å². The van der Waals surface area contributed by atoms with Crippen molar-refractivity contribution in [3.05, 3.63) is 69.4 Å². The van der Waals surface area contributed by atoms with E-state index in [4.69, 9.17) is 14.6 Å². The molecule has 0 aliphatic heterocycles. The van der Waals surface area contributed by atoms with Crippen molar-refractivity contribution in [2.75, 3.05) is 20.8 Å². The molecule has 11 nitrogen and oxygen atoms in total. The predicted octanol–water partition coefficient (Wildman–Crippen LogP) is 1.58. The van der Waals surface area contributed by atoms with Crippen LogP contribution in [0.4, 0.5) is 5.69 Å². The number of hydrogen-bond acceptors (Lipinski definition) is 7. The molecule has 2 aromatic rings. The second-order valence-corrected chi connectivity index (χ2v) is 5.98. The van der Waals surface area contributed by atoms with Gasteiger partial charge < -0.3 is 25.2 Å². The van der Waals surface area contributed by atoms with Crippen molar-refractivity contribution in [3.63, 3.8) is 0 Å². The Morgan fingerprint density at radius 3 is 2.26 bits per heavy atom. The van der Waals surface area contributed by atoms with Gasteiger partial charge in [-0.05, 0) is 24.3 Å². The van der Waals surface area contributed by atoms with Crippen LogP contribution in [0.5, 0.6) is 11.5 Å². The summed E-state index contributed by atoms with van der Waals surface area (Å²) in [4.78, 5) is 46.6. The van der Waals surface area contributed by atoms with Crippen molar-refractivity contribution in [1.82, 2.24) is 10.6 Å². The molecule has 0 heterocycles. The van der Waals surface area contributed by atoms with Crippen LogP contribution in [0.25, 0.3) is 6.08 Å². The molecule has 11 heteroatoms. The smallest absolute Gasteiger partial charge is 0.322 e. The van der Waals surface area contributed by atoms with Gasteiger partial charge in [-0.3, -0.25) is 24.5 Å². The molecule has 2 aromatic carbocycles. The lowest BCUT2D eigenvalue weighted by Crippen LogP contribution is -2.37. The monoisotopic (exact) mass is 429 g/mol. The van der Waals surface area contributed by atoms with E-state index in [9.17, 15) is 24.5 Å². The molecule has 0 aliphatic carbocycles. The summed E-state index contributed by atoms with van der Waals surface area (Å²) < 4.78 is 10.2. The minimum Gasteiger partial charge on any atom is -0.493 e. The number of carboxylic acid groups (broad SMARTS) is 1. The average molecular weight is 429 g/mol. The molecule has 3 N–H and O–H groups in total. The molecule has 162 valence electrons. The van der Waals surface area contributed by atoms with Crippen molar-refractivity contribution < 1.29 is 33.9 Å². The van der Waals surface area contributed by atoms with Crippen molar-refractivity contribution in [3.8, 4) is 11.5 Å². The third kappa shape index (κ3) is 6.03. The van der Waals surface area contributed by atoms with Gasteiger partial charge >= 0.3 is 5.97 Å². The first-order valence-electron chi connectivity index (χ1n) is 8.75. The Hall–Kier alpha value is -4.41. The number of nitro groups is 1. The fourth-order valence-corrected chi connectivity index (χ4v) is 2.51. The maximum absolute atomic E-state index is 12.5. The fourth-order valence-electron chi connectivity index (χ4n) is 2.51. The Labute approximate surface area is 176 Å². The molecule has 0 spiro atoms. The number of hydrogen-bond donors (Lipinski definition) is 3. The first-order valence-corrected chi connectivity index (χ1v) is 8.75. The van der Waals surface area contributed by atoms with E-state index in [-0.39, 0.29) is 22.6 Å². The minimum atomic E-state index is -1.31. The molecule has 0 aliphatic rings. The zero-order valence-electron chi connectivity index (χ0n) is 16.6. The maximum atomic E-state index is 12.5. The van der Waals surface area contributed by atoms with Crippen LogP contribution < -0.4 is 20.1 Å². The van der Waals surface area contributed by atoms with Gasteiger partial charge in [0.15, 0.2) is 11.5 Å². The van der Waals surface area contributed by atoms with Gasteiger partial charge in [-0.25, -0.2) is 0 Å². The highest BCUT2D eigenvalue weighted by Gasteiger charge is 2.22. The van der Waals surface area contributed by atoms with Gasteiger partial charge in [-0.2, -0.15) is 0 Å². The number of carbonyl (C=O) groups excluding carboxylic acids is 2. The number of benzene rings is 2. The highest BCUT2D eigenvalue weighted by molar-refractivity contribution is 6.06. The molecule has 0 unspecified atom stereocenters. The number of methoxy groups -OCH3 is 2. The standard InChI is InChI=1S/C20H19N3O8/c1-30-16-9-13(15(23(28)29)10-17(16)31-2)8-14(20(27)21-11-18(24)25)22-19(26)12-6-4-3-5-7-12/h3-10H,11H2,1-2H3,(H,21,27)(H,22,26)(H,24,25)/b14-8-. The number of ether oxygens (including phenoxy) is 2. The molecule has 0 atom stereocenters. The largest absolute Gasteiger partial charge is 0.493 e. The van der Waals surface area contributed by atoms with Gasteiger partial charge in [0.25, 0.3) is 17.5 Å². The van der Waals surface area contributed by atoms with Gasteiger partial charge in [-0.1, -0.05) is 18.2 Å². The van der Waals surface area contributed by atoms with Crippen molar-refractivity contribution in [2.45, 2.75) is 0 Å². The minimum absolute atomic E-state index is 0.0727. The second kappa shape index (κ2) is 10.4. The molecule has 0 saturated carbocycles. The molecule has 2 rings (SSSR count). The predicted molar refractivity (Wildman–Crippen MR) is 109 cm³/mol. The number of nitrogens with zero attached hydrogens (tertiary/aromatic N) is 1. The molecule has 0 radical (unpaired) electrons. The van der Waals surface area contributed by atoms with Gasteiger partial charge in [0.1, 0.15) is 12.2 Å². The van der Waals surface area contributed by atoms with E-state index in [1.54, 1.807) is 18.2 Å². The van der Waals surface area contributed by atoms with Gasteiger partial charge in [0.05, 0.1) is 30.8 Å². The van der Waals surface area contributed by atoms with E-state index in [0.29, 0.717) is 0 Å². The number of carbonyl (C=O) groups is 3. The quantitative estimate of drug-likeness (QED) is 0.308. The SMILES string of the molecule is COc1cc(/C=C(\NC(=O)c2ccccc2)C(=O)NCC(=O)O)c([N+](=O)[O-])cc1OC. The van der Waals surface area contributed by atoms with Gasteiger partial charge in [-0.15, -0.1) is 0 Å². The summed E-state index contributed by atoms with van der Waals surface area (Å²) in [7, 11) is 2.64. The van der Waals surface area contributed by atoms with Crippen LogP contribution in [-0.2, 0) is 9.59 Å². The van der Waals surface area contributed by atoms with E-state index in [2.05, 4.69) is 10.6 Å². The Kier molecular flexibility index (Phi) is 7.67. The van der Waals surface area contributed by atoms with Gasteiger partial charge in [0, 0.05) is 5.56 Å². The molecule has 0 saturated heterocycles. The molecule has 0 bridgehead atoms. The Balaban J connectivity index is 2.54. The number of nitro benzene ring substituents is 1. The zero-order valence-corrected chi connectivity index (χ0v) is 16.6. The lowest BCUT2D eigenvalue weighted by molar-refractivity contribution is -0.385. The average Bonchev–Trinajstić information content (AvgIpc) is 2.76. The molecule has 0 fully saturated rings. The Bertz CT molecular complexity index is 1030. The number of carboxylic acids is 1. The van der Waals surface area contributed by atoms with E-state index in [1.807, 2.05) is 0 Å². The van der Waals surface area contributed by atoms with E-state index >= 15 is 0 Å². The molecular weight excluding hydrogens is 410 g/mol. The van der Waals surface area contributed by atoms with E-state index < -0.39 is 40.6 Å². The second-order valence-electron chi connectivity index (χ2n) is 5.98. The zero-order chi connectivity index (χ0) is 23.0. The summed E-state index contributed by atoms with van der Waals surface area (Å²) in [6.07, 6.45) is 1.05. The lowest BCUT2D eigenvalue weighted by atomic mass is 10.1. The topological polar surface area (TPSA) is 157 Å². The Morgan fingerprint density at radius 1 is 1.10 bits per heavy atom. The summed E-state index contributed by atoms with van der Waals surface area (Å²) in [5.74, 6) is -2.68. The first-order chi connectivity index (χ1) is 14.8. The molecule has 2 amide bonds. The van der Waals surface area contributed by atoms with Crippen LogP contribution >= 0.6 is 0 Å². The van der Waals surface area contributed by atoms with Crippen molar-refractivity contribution in [2.24, 2.45) is 0 Å². The Morgan fingerprint density at radius 2 is 1.71 bits per heavy atom. The summed E-state index contributed by atoms with van der Waals surface area (Å²) in [5, 5.41) is 24.8. The van der Waals surface area contributed by atoms with Crippen molar-refractivity contribution >= 4 is 29.5 Å². The summed E-state index contributed by atoms with van der Waals surface area (Å²) >= 11 is 0. The number of aliphatic carboxylic acids is 1. The molecular formula is C20H19N3O8. The normalized spacial score (nSPS) is 10.7. The van der Waals surface area contributed by atoms with Crippen LogP contribution in [0.1, 0.15) is 15.9 Å². The summed E-state index contributed by atoms with van der Waals surface area (Å²) in [5.41, 5.74) is -0.668. The van der Waals surface area contributed by atoms with Crippen molar-refractivity contribution in [1.29, 1.82) is 0 Å². The summed E-state index contributed by atoms with van der Waals surface area (Å²) in [6.45, 7) is -0.717. The fraction of sp³-hybridized carbons (Fsp3) is 0.150. The number of nitrogens with one attached hydrogen (secondary N) is 2. The van der Waals surface area contributed by atoms with E-state index in [0.717, 1.165) is 12.1 Å². The van der Waals surface area contributed by atoms with Crippen LogP contribution in [0.15, 0.2) is 48.2 Å². The number of rotatable bonds is 9. The lowest BCUT2D eigenvalue weighted by Gasteiger charge is -2.12. The highest BCUT2D eigenvalue weighted by atomic mass is 16.6. The molecule has 0 aromatic heterocycles. The van der Waals surface area contributed by atoms with Crippen LogP contribution in [0, 0.1) is 10.1 Å². The highest BCUT2D eigenvalue weighted by Crippen LogP contribution is 2.35.